The highest BCUT2D eigenvalue weighted by Gasteiger charge is 2.53. The molecule has 2 N–H and O–H groups in total. The lowest BCUT2D eigenvalue weighted by atomic mass is 9.69. The highest BCUT2D eigenvalue weighted by Crippen LogP contribution is 2.55. The van der Waals surface area contributed by atoms with Gasteiger partial charge in [0.2, 0.25) is 0 Å². The SMILES string of the molecule is Cc1cc2c(cc1O)C(C)(C)CC1(CC(C)(C)c3cc(OCC(C)(C)O)c(C)cc3O1)O2. The van der Waals surface area contributed by atoms with Crippen LogP contribution in [0.15, 0.2) is 24.3 Å². The van der Waals surface area contributed by atoms with Crippen LogP contribution in [0.5, 0.6) is 23.0 Å². The molecule has 2 aliphatic heterocycles. The van der Waals surface area contributed by atoms with E-state index < -0.39 is 11.4 Å². The predicted octanol–water partition coefficient (Wildman–Crippen LogP) is 5.68. The van der Waals surface area contributed by atoms with Crippen molar-refractivity contribution in [3.05, 3.63) is 46.5 Å². The first-order valence-corrected chi connectivity index (χ1v) is 11.3. The molecular weight excluding hydrogens is 404 g/mol. The molecule has 0 radical (unpaired) electrons. The summed E-state index contributed by atoms with van der Waals surface area (Å²) < 4.78 is 19.2. The van der Waals surface area contributed by atoms with E-state index in [9.17, 15) is 10.2 Å². The molecule has 0 bridgehead atoms. The maximum atomic E-state index is 10.3. The van der Waals surface area contributed by atoms with E-state index in [1.165, 1.54) is 0 Å². The number of rotatable bonds is 3. The lowest BCUT2D eigenvalue weighted by Crippen LogP contribution is -2.55. The molecule has 0 amide bonds. The smallest absolute Gasteiger partial charge is 0.252 e. The van der Waals surface area contributed by atoms with Crippen molar-refractivity contribution in [2.45, 2.75) is 90.4 Å². The molecule has 0 saturated heterocycles. The minimum absolute atomic E-state index is 0.215. The molecule has 1 spiro atoms. The Balaban J connectivity index is 1.74. The zero-order valence-corrected chi connectivity index (χ0v) is 20.5. The lowest BCUT2D eigenvalue weighted by Gasteiger charge is -2.51. The summed E-state index contributed by atoms with van der Waals surface area (Å²) in [4.78, 5) is 0. The van der Waals surface area contributed by atoms with Crippen molar-refractivity contribution in [1.82, 2.24) is 0 Å². The highest BCUT2D eigenvalue weighted by molar-refractivity contribution is 5.53. The van der Waals surface area contributed by atoms with Crippen molar-refractivity contribution in [1.29, 1.82) is 0 Å². The van der Waals surface area contributed by atoms with E-state index in [-0.39, 0.29) is 17.4 Å². The number of hydrogen-bond acceptors (Lipinski definition) is 5. The van der Waals surface area contributed by atoms with Crippen LogP contribution in [-0.2, 0) is 10.8 Å². The van der Waals surface area contributed by atoms with Crippen LogP contribution in [0.3, 0.4) is 0 Å². The normalized spacial score (nSPS) is 23.0. The number of hydrogen-bond donors (Lipinski definition) is 2. The summed E-state index contributed by atoms with van der Waals surface area (Å²) in [6.07, 6.45) is 1.36. The van der Waals surface area contributed by atoms with Gasteiger partial charge in [0.1, 0.15) is 29.6 Å². The third kappa shape index (κ3) is 4.03. The first-order valence-electron chi connectivity index (χ1n) is 11.3. The number of fused-ring (bicyclic) bond motifs is 2. The molecule has 0 aliphatic carbocycles. The van der Waals surface area contributed by atoms with Crippen molar-refractivity contribution < 1.29 is 24.4 Å². The second-order valence-corrected chi connectivity index (χ2v) is 11.6. The van der Waals surface area contributed by atoms with E-state index in [0.717, 1.165) is 39.5 Å². The van der Waals surface area contributed by atoms with Crippen molar-refractivity contribution >= 4 is 0 Å². The number of aromatic hydroxyl groups is 1. The molecule has 174 valence electrons. The molecule has 4 rings (SSSR count). The van der Waals surface area contributed by atoms with Crippen LogP contribution in [0.1, 0.15) is 76.6 Å². The molecule has 32 heavy (non-hydrogen) atoms. The molecule has 0 aromatic heterocycles. The van der Waals surface area contributed by atoms with Crippen LogP contribution in [0.25, 0.3) is 0 Å². The fraction of sp³-hybridized carbons (Fsp3) is 0.556. The summed E-state index contributed by atoms with van der Waals surface area (Å²) >= 11 is 0. The second kappa shape index (κ2) is 7.05. The Morgan fingerprint density at radius 2 is 1.38 bits per heavy atom. The van der Waals surface area contributed by atoms with Crippen LogP contribution in [0.2, 0.25) is 0 Å². The Bertz CT molecular complexity index is 1060. The fourth-order valence-electron chi connectivity index (χ4n) is 5.13. The van der Waals surface area contributed by atoms with Gasteiger partial charge in [-0.2, -0.15) is 0 Å². The lowest BCUT2D eigenvalue weighted by molar-refractivity contribution is -0.166. The van der Waals surface area contributed by atoms with Crippen LogP contribution in [0, 0.1) is 13.8 Å². The van der Waals surface area contributed by atoms with Gasteiger partial charge in [0.05, 0.1) is 5.60 Å². The number of aryl methyl sites for hydroxylation is 2. The van der Waals surface area contributed by atoms with Crippen LogP contribution in [0.4, 0.5) is 0 Å². The molecule has 2 heterocycles. The van der Waals surface area contributed by atoms with E-state index in [2.05, 4.69) is 27.7 Å². The van der Waals surface area contributed by atoms with Gasteiger partial charge >= 0.3 is 0 Å². The third-order valence-electron chi connectivity index (χ3n) is 6.63. The molecule has 1 unspecified atom stereocenters. The minimum Gasteiger partial charge on any atom is -0.508 e. The van der Waals surface area contributed by atoms with E-state index in [1.54, 1.807) is 13.8 Å². The van der Waals surface area contributed by atoms with Gasteiger partial charge < -0.3 is 24.4 Å². The quantitative estimate of drug-likeness (QED) is 0.643. The molecular formula is C27H36O5. The first-order chi connectivity index (χ1) is 14.6. The van der Waals surface area contributed by atoms with Gasteiger partial charge in [-0.3, -0.25) is 0 Å². The summed E-state index contributed by atoms with van der Waals surface area (Å²) in [6.45, 7) is 16.3. The molecule has 0 fully saturated rings. The standard InChI is InChI=1S/C27H36O5/c1-16-9-22-18(11-20(16)28)24(3,4)13-27(31-22)14-25(5,6)19-12-21(30-15-26(7,8)29)17(2)10-23(19)32-27/h9-12,28-29H,13-15H2,1-8H3. The van der Waals surface area contributed by atoms with Crippen molar-refractivity contribution in [2.24, 2.45) is 0 Å². The average molecular weight is 441 g/mol. The molecule has 0 saturated carbocycles. The molecule has 2 aromatic carbocycles. The van der Waals surface area contributed by atoms with Crippen molar-refractivity contribution in [3.63, 3.8) is 0 Å². The van der Waals surface area contributed by atoms with Gasteiger partial charge in [-0.05, 0) is 63.1 Å². The Kier molecular flexibility index (Phi) is 5.02. The van der Waals surface area contributed by atoms with Gasteiger partial charge in [-0.1, -0.05) is 27.7 Å². The van der Waals surface area contributed by atoms with Crippen LogP contribution < -0.4 is 14.2 Å². The predicted molar refractivity (Wildman–Crippen MR) is 125 cm³/mol. The molecule has 2 aromatic rings. The van der Waals surface area contributed by atoms with E-state index in [0.29, 0.717) is 18.6 Å². The van der Waals surface area contributed by atoms with Gasteiger partial charge in [0.15, 0.2) is 0 Å². The number of benzene rings is 2. The number of ether oxygens (including phenoxy) is 3. The Labute approximate surface area is 191 Å². The topological polar surface area (TPSA) is 68.2 Å². The fourth-order valence-corrected chi connectivity index (χ4v) is 5.13. The highest BCUT2D eigenvalue weighted by atomic mass is 16.7. The Morgan fingerprint density at radius 1 is 0.875 bits per heavy atom. The molecule has 1 atom stereocenters. The number of aliphatic hydroxyl groups is 1. The second-order valence-electron chi connectivity index (χ2n) is 11.6. The zero-order chi connectivity index (χ0) is 23.7. The summed E-state index contributed by atoms with van der Waals surface area (Å²) in [5.74, 6) is 1.85. The van der Waals surface area contributed by atoms with Crippen molar-refractivity contribution in [2.75, 3.05) is 6.61 Å². The maximum absolute atomic E-state index is 10.3. The van der Waals surface area contributed by atoms with E-state index in [4.69, 9.17) is 14.2 Å². The summed E-state index contributed by atoms with van der Waals surface area (Å²) in [5, 5.41) is 20.3. The summed E-state index contributed by atoms with van der Waals surface area (Å²) in [6, 6.07) is 7.81. The zero-order valence-electron chi connectivity index (χ0n) is 20.5. The summed E-state index contributed by atoms with van der Waals surface area (Å²) in [7, 11) is 0. The van der Waals surface area contributed by atoms with Gasteiger partial charge in [0, 0.05) is 34.8 Å². The third-order valence-corrected chi connectivity index (χ3v) is 6.63. The van der Waals surface area contributed by atoms with E-state index >= 15 is 0 Å². The minimum atomic E-state index is -0.903. The van der Waals surface area contributed by atoms with Crippen molar-refractivity contribution in [3.8, 4) is 23.0 Å². The monoisotopic (exact) mass is 440 g/mol. The van der Waals surface area contributed by atoms with Crippen LogP contribution in [-0.4, -0.2) is 28.2 Å². The first kappa shape index (κ1) is 22.8. The molecule has 5 heteroatoms. The molecule has 5 nitrogen and oxygen atoms in total. The van der Waals surface area contributed by atoms with Gasteiger partial charge in [-0.25, -0.2) is 0 Å². The van der Waals surface area contributed by atoms with Gasteiger partial charge in [-0.15, -0.1) is 0 Å². The maximum Gasteiger partial charge on any atom is 0.252 e. The summed E-state index contributed by atoms with van der Waals surface area (Å²) in [5.41, 5.74) is 2.48. The van der Waals surface area contributed by atoms with Gasteiger partial charge in [0.25, 0.3) is 5.79 Å². The van der Waals surface area contributed by atoms with Crippen LogP contribution >= 0.6 is 0 Å². The molecule has 2 aliphatic rings. The number of phenols is 1. The average Bonchev–Trinajstić information content (AvgIpc) is 2.60. The largest absolute Gasteiger partial charge is 0.508 e. The number of phenolic OH excluding ortho intramolecular Hbond substituents is 1. The Morgan fingerprint density at radius 3 is 1.91 bits per heavy atom. The van der Waals surface area contributed by atoms with E-state index in [1.807, 2.05) is 38.1 Å². The Hall–Kier alpha value is -2.40.